The van der Waals surface area contributed by atoms with Gasteiger partial charge in [0.05, 0.1) is 21.2 Å². The Morgan fingerprint density at radius 2 is 1.94 bits per heavy atom. The molecule has 31 heavy (non-hydrogen) atoms. The summed E-state index contributed by atoms with van der Waals surface area (Å²) in [7, 11) is 0. The maximum atomic E-state index is 13.2. The van der Waals surface area contributed by atoms with Gasteiger partial charge in [-0.15, -0.1) is 0 Å². The minimum atomic E-state index is -0.446. The number of nitro groups is 1. The number of carbonyl (C=O) groups is 1. The normalized spacial score (nSPS) is 16.5. The zero-order valence-electron chi connectivity index (χ0n) is 16.4. The first-order valence-electron chi connectivity index (χ1n) is 9.44. The summed E-state index contributed by atoms with van der Waals surface area (Å²) in [4.78, 5) is 30.1. The summed E-state index contributed by atoms with van der Waals surface area (Å²) < 4.78 is 14.9. The van der Waals surface area contributed by atoms with Crippen molar-refractivity contribution in [3.63, 3.8) is 0 Å². The maximum absolute atomic E-state index is 13.2. The van der Waals surface area contributed by atoms with Crippen LogP contribution in [0.15, 0.2) is 76.8 Å². The largest absolute Gasteiger partial charge is 0.317 e. The highest BCUT2D eigenvalue weighted by Gasteiger charge is 2.32. The summed E-state index contributed by atoms with van der Waals surface area (Å²) in [5.41, 5.74) is 1.86. The molecule has 0 N–H and O–H groups in total. The van der Waals surface area contributed by atoms with Gasteiger partial charge in [0.15, 0.2) is 5.17 Å². The minimum Gasteiger partial charge on any atom is -0.317 e. The standard InChI is InChI=1S/C22H17FN4O3S/c1-2-25-21(28)20(31-22(25)24-16-10-8-15(23)9-11-16)14-18-7-4-12-26(18)17-5-3-6-19(13-17)27(29)30/h3-14H,2H2,1H3/b20-14+,24-22?. The number of amides is 1. The van der Waals surface area contributed by atoms with Crippen molar-refractivity contribution in [2.75, 3.05) is 6.54 Å². The molecule has 4 rings (SSSR count). The van der Waals surface area contributed by atoms with E-state index < -0.39 is 4.92 Å². The quantitative estimate of drug-likeness (QED) is 0.315. The minimum absolute atomic E-state index is 0.0120. The van der Waals surface area contributed by atoms with Crippen molar-refractivity contribution in [1.82, 2.24) is 9.47 Å². The van der Waals surface area contributed by atoms with Crippen LogP contribution in [0.5, 0.6) is 0 Å². The third-order valence-corrected chi connectivity index (χ3v) is 5.64. The van der Waals surface area contributed by atoms with Crippen LogP contribution in [0.2, 0.25) is 0 Å². The fraction of sp³-hybridized carbons (Fsp3) is 0.0909. The number of hydrogen-bond donors (Lipinski definition) is 0. The molecule has 0 unspecified atom stereocenters. The molecule has 1 aliphatic rings. The molecule has 0 atom stereocenters. The van der Waals surface area contributed by atoms with E-state index in [1.807, 2.05) is 13.0 Å². The number of carbonyl (C=O) groups excluding carboxylic acids is 1. The van der Waals surface area contributed by atoms with Gasteiger partial charge >= 0.3 is 0 Å². The number of nitro benzene ring substituents is 1. The van der Waals surface area contributed by atoms with E-state index in [-0.39, 0.29) is 17.4 Å². The van der Waals surface area contributed by atoms with Crippen molar-refractivity contribution < 1.29 is 14.1 Å². The first-order chi connectivity index (χ1) is 15.0. The lowest BCUT2D eigenvalue weighted by Crippen LogP contribution is -2.28. The lowest BCUT2D eigenvalue weighted by molar-refractivity contribution is -0.384. The van der Waals surface area contributed by atoms with E-state index in [0.717, 1.165) is 0 Å². The van der Waals surface area contributed by atoms with E-state index in [9.17, 15) is 19.3 Å². The number of benzene rings is 2. The first-order valence-corrected chi connectivity index (χ1v) is 10.3. The van der Waals surface area contributed by atoms with E-state index in [1.165, 1.54) is 36.0 Å². The molecule has 0 spiro atoms. The van der Waals surface area contributed by atoms with Crippen LogP contribution in [-0.4, -0.2) is 32.0 Å². The molecule has 0 bridgehead atoms. The van der Waals surface area contributed by atoms with Gasteiger partial charge in [0, 0.05) is 30.6 Å². The van der Waals surface area contributed by atoms with Crippen molar-refractivity contribution in [3.05, 3.63) is 93.4 Å². The molecular weight excluding hydrogens is 419 g/mol. The summed E-state index contributed by atoms with van der Waals surface area (Å²) >= 11 is 1.23. The molecule has 1 saturated heterocycles. The van der Waals surface area contributed by atoms with Crippen LogP contribution in [-0.2, 0) is 4.79 Å². The average Bonchev–Trinajstić information content (AvgIpc) is 3.34. The number of hydrogen-bond acceptors (Lipinski definition) is 5. The molecule has 7 nitrogen and oxygen atoms in total. The number of thioether (sulfide) groups is 1. The highest BCUT2D eigenvalue weighted by Crippen LogP contribution is 2.34. The van der Waals surface area contributed by atoms with Gasteiger partial charge in [-0.1, -0.05) is 6.07 Å². The Bertz CT molecular complexity index is 1220. The van der Waals surface area contributed by atoms with Crippen LogP contribution in [0.3, 0.4) is 0 Å². The summed E-state index contributed by atoms with van der Waals surface area (Å²) in [5, 5.41) is 11.6. The van der Waals surface area contributed by atoms with Crippen LogP contribution in [0.1, 0.15) is 12.6 Å². The molecular formula is C22H17FN4O3S. The van der Waals surface area contributed by atoms with Crippen LogP contribution < -0.4 is 0 Å². The van der Waals surface area contributed by atoms with Gasteiger partial charge in [0.1, 0.15) is 5.82 Å². The zero-order chi connectivity index (χ0) is 22.0. The molecule has 1 fully saturated rings. The number of nitrogens with zero attached hydrogens (tertiary/aromatic N) is 4. The third kappa shape index (κ3) is 4.26. The Kier molecular flexibility index (Phi) is 5.68. The second-order valence-electron chi connectivity index (χ2n) is 6.61. The van der Waals surface area contributed by atoms with E-state index in [1.54, 1.807) is 52.1 Å². The van der Waals surface area contributed by atoms with Crippen molar-refractivity contribution in [3.8, 4) is 5.69 Å². The summed E-state index contributed by atoms with van der Waals surface area (Å²) in [6.45, 7) is 2.29. The van der Waals surface area contributed by atoms with Crippen LogP contribution in [0.25, 0.3) is 11.8 Å². The van der Waals surface area contributed by atoms with E-state index in [0.29, 0.717) is 33.7 Å². The van der Waals surface area contributed by atoms with Gasteiger partial charge in [-0.05, 0) is 67.2 Å². The molecule has 1 amide bonds. The third-order valence-electron chi connectivity index (χ3n) is 4.63. The Morgan fingerprint density at radius 1 is 1.16 bits per heavy atom. The lowest BCUT2D eigenvalue weighted by Gasteiger charge is -2.12. The molecule has 0 aliphatic carbocycles. The summed E-state index contributed by atoms with van der Waals surface area (Å²) in [6.07, 6.45) is 3.52. The van der Waals surface area contributed by atoms with Crippen LogP contribution in [0, 0.1) is 15.9 Å². The van der Waals surface area contributed by atoms with Crippen molar-refractivity contribution in [2.24, 2.45) is 4.99 Å². The van der Waals surface area contributed by atoms with Crippen molar-refractivity contribution in [2.45, 2.75) is 6.92 Å². The Hall–Kier alpha value is -3.72. The molecule has 9 heteroatoms. The Morgan fingerprint density at radius 3 is 2.65 bits per heavy atom. The fourth-order valence-corrected chi connectivity index (χ4v) is 4.18. The van der Waals surface area contributed by atoms with Crippen molar-refractivity contribution in [1.29, 1.82) is 0 Å². The molecule has 1 aromatic heterocycles. The van der Waals surface area contributed by atoms with Gasteiger partial charge in [0.2, 0.25) is 0 Å². The van der Waals surface area contributed by atoms with E-state index in [4.69, 9.17) is 0 Å². The van der Waals surface area contributed by atoms with Gasteiger partial charge in [-0.2, -0.15) is 0 Å². The number of likely N-dealkylation sites (N-methyl/N-ethyl adjacent to an activating group) is 1. The Labute approximate surface area is 181 Å². The second kappa shape index (κ2) is 8.57. The fourth-order valence-electron chi connectivity index (χ4n) is 3.13. The topological polar surface area (TPSA) is 80.7 Å². The lowest BCUT2D eigenvalue weighted by atomic mass is 10.2. The molecule has 3 aromatic rings. The molecule has 0 saturated carbocycles. The van der Waals surface area contributed by atoms with Crippen LogP contribution in [0.4, 0.5) is 15.8 Å². The summed E-state index contributed by atoms with van der Waals surface area (Å²) in [6, 6.07) is 15.7. The van der Waals surface area contributed by atoms with E-state index >= 15 is 0 Å². The first kappa shape index (κ1) is 20.5. The zero-order valence-corrected chi connectivity index (χ0v) is 17.3. The Balaban J connectivity index is 1.68. The second-order valence-corrected chi connectivity index (χ2v) is 7.62. The molecule has 0 radical (unpaired) electrons. The van der Waals surface area contributed by atoms with Gasteiger partial charge in [-0.3, -0.25) is 19.8 Å². The monoisotopic (exact) mass is 436 g/mol. The highest BCUT2D eigenvalue weighted by atomic mass is 32.2. The number of amidine groups is 1. The van der Waals surface area contributed by atoms with E-state index in [2.05, 4.69) is 4.99 Å². The molecule has 2 heterocycles. The maximum Gasteiger partial charge on any atom is 0.271 e. The van der Waals surface area contributed by atoms with Gasteiger partial charge < -0.3 is 4.57 Å². The van der Waals surface area contributed by atoms with Crippen molar-refractivity contribution >= 4 is 40.3 Å². The SMILES string of the molecule is CCN1C(=O)/C(=C\c2cccn2-c2cccc([N+](=O)[O-])c2)SC1=Nc1ccc(F)cc1. The smallest absolute Gasteiger partial charge is 0.271 e. The summed E-state index contributed by atoms with van der Waals surface area (Å²) in [5.74, 6) is -0.533. The van der Waals surface area contributed by atoms with Crippen LogP contribution >= 0.6 is 11.8 Å². The number of rotatable bonds is 5. The molecule has 1 aliphatic heterocycles. The molecule has 2 aromatic carbocycles. The average molecular weight is 436 g/mol. The number of aromatic nitrogens is 1. The number of aliphatic imine (C=N–C) groups is 1. The molecule has 156 valence electrons. The van der Waals surface area contributed by atoms with Gasteiger partial charge in [0.25, 0.3) is 11.6 Å². The predicted molar refractivity (Wildman–Crippen MR) is 119 cm³/mol. The van der Waals surface area contributed by atoms with Gasteiger partial charge in [-0.25, -0.2) is 9.38 Å². The predicted octanol–water partition coefficient (Wildman–Crippen LogP) is 5.15. The highest BCUT2D eigenvalue weighted by molar-refractivity contribution is 8.18. The number of non-ortho nitro benzene ring substituents is 1. The number of halogens is 1.